The molecule has 150 valence electrons. The summed E-state index contributed by atoms with van der Waals surface area (Å²) < 4.78 is 79.7. The van der Waals surface area contributed by atoms with E-state index in [2.05, 4.69) is 15.1 Å². The number of hydrogen-bond donors (Lipinski definition) is 1. The number of rotatable bonds is 2. The largest absolute Gasteiger partial charge is 0.417 e. The number of anilines is 1. The van der Waals surface area contributed by atoms with Gasteiger partial charge in [0.2, 0.25) is 0 Å². The molecule has 3 rings (SSSR count). The molecule has 0 fully saturated rings. The van der Waals surface area contributed by atoms with Crippen LogP contribution >= 0.6 is 11.6 Å². The van der Waals surface area contributed by atoms with Crippen LogP contribution in [0.25, 0.3) is 16.9 Å². The Balaban J connectivity index is 2.28. The molecule has 0 amide bonds. The summed E-state index contributed by atoms with van der Waals surface area (Å²) in [4.78, 5) is 7.66. The van der Waals surface area contributed by atoms with Crippen molar-refractivity contribution >= 4 is 28.5 Å². The molecule has 0 bridgehead atoms. The zero-order chi connectivity index (χ0) is 21.0. The van der Waals surface area contributed by atoms with Crippen LogP contribution in [0.5, 0.6) is 0 Å². The summed E-state index contributed by atoms with van der Waals surface area (Å²) in [6, 6.07) is 1.46. The minimum Gasteiger partial charge on any atom is -0.383 e. The van der Waals surface area contributed by atoms with Crippen LogP contribution in [0.15, 0.2) is 18.3 Å². The molecule has 0 saturated heterocycles. The van der Waals surface area contributed by atoms with Crippen LogP contribution in [0.3, 0.4) is 0 Å². The minimum atomic E-state index is -4.75. The van der Waals surface area contributed by atoms with E-state index in [1.54, 1.807) is 13.8 Å². The van der Waals surface area contributed by atoms with Gasteiger partial charge in [-0.25, -0.2) is 9.97 Å². The first-order valence-electron chi connectivity index (χ1n) is 7.80. The Bertz CT molecular complexity index is 1050. The Morgan fingerprint density at radius 2 is 1.71 bits per heavy atom. The standard InChI is InChI=1S/C16H12ClF6N5/c1-6(2)10-4-8(16(21,22)23)11-12(24)28(27-13(11)26-10)14-9(17)3-7(5-25-14)15(18,19)20/h3-6H,24H2,1-2H3. The number of aromatic nitrogens is 4. The van der Waals surface area contributed by atoms with Crippen molar-refractivity contribution in [3.05, 3.63) is 40.2 Å². The van der Waals surface area contributed by atoms with E-state index in [1.807, 2.05) is 0 Å². The van der Waals surface area contributed by atoms with Gasteiger partial charge < -0.3 is 5.73 Å². The predicted molar refractivity (Wildman–Crippen MR) is 90.2 cm³/mol. The summed E-state index contributed by atoms with van der Waals surface area (Å²) in [5, 5.41) is 2.95. The molecule has 0 saturated carbocycles. The number of hydrogen-bond acceptors (Lipinski definition) is 4. The van der Waals surface area contributed by atoms with E-state index in [0.29, 0.717) is 12.3 Å². The van der Waals surface area contributed by atoms with E-state index in [9.17, 15) is 26.3 Å². The zero-order valence-electron chi connectivity index (χ0n) is 14.3. The van der Waals surface area contributed by atoms with Gasteiger partial charge >= 0.3 is 12.4 Å². The molecule has 0 atom stereocenters. The van der Waals surface area contributed by atoms with E-state index < -0.39 is 39.7 Å². The molecule has 0 aliphatic heterocycles. The molecule has 12 heteroatoms. The first-order chi connectivity index (χ1) is 12.8. The smallest absolute Gasteiger partial charge is 0.383 e. The third-order valence-corrected chi connectivity index (χ3v) is 4.22. The lowest BCUT2D eigenvalue weighted by Gasteiger charge is -2.12. The highest BCUT2D eigenvalue weighted by Gasteiger charge is 2.37. The molecule has 2 N–H and O–H groups in total. The molecule has 0 aliphatic rings. The Labute approximate surface area is 159 Å². The van der Waals surface area contributed by atoms with Gasteiger partial charge in [0.1, 0.15) is 5.82 Å². The predicted octanol–water partition coefficient (Wildman–Crippen LogP) is 5.21. The quantitative estimate of drug-likeness (QED) is 0.574. The van der Waals surface area contributed by atoms with E-state index >= 15 is 0 Å². The van der Waals surface area contributed by atoms with E-state index in [1.165, 1.54) is 0 Å². The summed E-state index contributed by atoms with van der Waals surface area (Å²) in [6.45, 7) is 3.31. The monoisotopic (exact) mass is 423 g/mol. The molecule has 5 nitrogen and oxygen atoms in total. The van der Waals surface area contributed by atoms with Crippen LogP contribution in [-0.4, -0.2) is 19.7 Å². The Morgan fingerprint density at radius 3 is 2.21 bits per heavy atom. The lowest BCUT2D eigenvalue weighted by atomic mass is 10.0. The number of pyridine rings is 2. The number of fused-ring (bicyclic) bond motifs is 1. The maximum absolute atomic E-state index is 13.5. The van der Waals surface area contributed by atoms with Crippen LogP contribution in [0, 0.1) is 0 Å². The first kappa shape index (κ1) is 20.2. The summed E-state index contributed by atoms with van der Waals surface area (Å²) in [5.74, 6) is -1.16. The van der Waals surface area contributed by atoms with Crippen LogP contribution in [-0.2, 0) is 12.4 Å². The maximum Gasteiger partial charge on any atom is 0.417 e. The number of nitrogen functional groups attached to an aromatic ring is 1. The third kappa shape index (κ3) is 3.46. The fourth-order valence-electron chi connectivity index (χ4n) is 2.55. The van der Waals surface area contributed by atoms with Gasteiger partial charge in [0.25, 0.3) is 0 Å². The molecule has 0 unspecified atom stereocenters. The molecular weight excluding hydrogens is 412 g/mol. The summed E-state index contributed by atoms with van der Waals surface area (Å²) in [5.41, 5.74) is 3.48. The molecule has 28 heavy (non-hydrogen) atoms. The first-order valence-corrected chi connectivity index (χ1v) is 8.18. The second-order valence-electron chi connectivity index (χ2n) is 6.27. The van der Waals surface area contributed by atoms with Crippen molar-refractivity contribution in [2.24, 2.45) is 0 Å². The number of alkyl halides is 6. The average Bonchev–Trinajstić information content (AvgIpc) is 2.89. The minimum absolute atomic E-state index is 0.135. The second-order valence-corrected chi connectivity index (χ2v) is 6.68. The highest BCUT2D eigenvalue weighted by Crippen LogP contribution is 2.39. The van der Waals surface area contributed by atoms with Crippen molar-refractivity contribution in [2.75, 3.05) is 5.73 Å². The number of halogens is 7. The van der Waals surface area contributed by atoms with Crippen molar-refractivity contribution in [2.45, 2.75) is 32.1 Å². The van der Waals surface area contributed by atoms with Crippen LogP contribution < -0.4 is 5.73 Å². The van der Waals surface area contributed by atoms with Crippen LogP contribution in [0.4, 0.5) is 32.2 Å². The van der Waals surface area contributed by atoms with Gasteiger partial charge in [-0.3, -0.25) is 0 Å². The Morgan fingerprint density at radius 1 is 1.07 bits per heavy atom. The van der Waals surface area contributed by atoms with Crippen molar-refractivity contribution in [1.29, 1.82) is 0 Å². The third-order valence-electron chi connectivity index (χ3n) is 3.95. The lowest BCUT2D eigenvalue weighted by molar-refractivity contribution is -0.138. The van der Waals surface area contributed by atoms with Crippen LogP contribution in [0.2, 0.25) is 5.02 Å². The van der Waals surface area contributed by atoms with Crippen molar-refractivity contribution in [3.8, 4) is 5.82 Å². The zero-order valence-corrected chi connectivity index (χ0v) is 15.1. The summed E-state index contributed by atoms with van der Waals surface area (Å²) in [6.07, 6.45) is -8.94. The van der Waals surface area contributed by atoms with E-state index in [0.717, 1.165) is 10.7 Å². The fraction of sp³-hybridized carbons (Fsp3) is 0.312. The molecule has 0 aliphatic carbocycles. The fourth-order valence-corrected chi connectivity index (χ4v) is 2.80. The van der Waals surface area contributed by atoms with Gasteiger partial charge in [-0.2, -0.15) is 31.0 Å². The highest BCUT2D eigenvalue weighted by atomic mass is 35.5. The van der Waals surface area contributed by atoms with Crippen molar-refractivity contribution in [3.63, 3.8) is 0 Å². The summed E-state index contributed by atoms with van der Waals surface area (Å²) in [7, 11) is 0. The Kier molecular flexibility index (Phi) is 4.69. The molecule has 3 aromatic rings. The normalized spacial score (nSPS) is 12.9. The van der Waals surface area contributed by atoms with Crippen molar-refractivity contribution < 1.29 is 26.3 Å². The molecule has 0 radical (unpaired) electrons. The highest BCUT2D eigenvalue weighted by molar-refractivity contribution is 6.32. The Hall–Kier alpha value is -2.56. The van der Waals surface area contributed by atoms with Gasteiger partial charge in [-0.1, -0.05) is 25.4 Å². The number of nitrogens with two attached hydrogens (primary N) is 1. The van der Waals surface area contributed by atoms with Crippen LogP contribution in [0.1, 0.15) is 36.6 Å². The molecular formula is C16H12ClF6N5. The van der Waals surface area contributed by atoms with Gasteiger partial charge in [-0.05, 0) is 18.1 Å². The van der Waals surface area contributed by atoms with Gasteiger partial charge in [0, 0.05) is 11.9 Å². The summed E-state index contributed by atoms with van der Waals surface area (Å²) >= 11 is 5.86. The van der Waals surface area contributed by atoms with Gasteiger partial charge in [0.05, 0.1) is 21.5 Å². The topological polar surface area (TPSA) is 69.6 Å². The van der Waals surface area contributed by atoms with E-state index in [4.69, 9.17) is 17.3 Å². The van der Waals surface area contributed by atoms with E-state index in [-0.39, 0.29) is 23.1 Å². The van der Waals surface area contributed by atoms with Gasteiger partial charge in [0.15, 0.2) is 11.5 Å². The number of nitrogens with zero attached hydrogens (tertiary/aromatic N) is 4. The molecule has 3 heterocycles. The van der Waals surface area contributed by atoms with Gasteiger partial charge in [-0.15, -0.1) is 5.10 Å². The lowest BCUT2D eigenvalue weighted by Crippen LogP contribution is -2.10. The molecule has 0 spiro atoms. The molecule has 3 aromatic heterocycles. The van der Waals surface area contributed by atoms with Crippen molar-refractivity contribution in [1.82, 2.24) is 19.7 Å². The molecule has 0 aromatic carbocycles. The average molecular weight is 424 g/mol. The second kappa shape index (κ2) is 6.50. The maximum atomic E-state index is 13.5. The SMILES string of the molecule is CC(C)c1cc(C(F)(F)F)c2c(N)n(-c3ncc(C(F)(F)F)cc3Cl)nc2n1.